The average Bonchev–Trinajstić information content (AvgIpc) is 2.81. The van der Waals surface area contributed by atoms with Crippen LogP contribution in [0.15, 0.2) is 42.5 Å². The van der Waals surface area contributed by atoms with E-state index in [9.17, 15) is 9.90 Å². The number of nitrogens with zero attached hydrogens (tertiary/aromatic N) is 2. The molecule has 0 aliphatic carbocycles. The van der Waals surface area contributed by atoms with Crippen LogP contribution in [0.5, 0.6) is 0 Å². The number of aliphatic hydroxyl groups is 1. The van der Waals surface area contributed by atoms with Crippen LogP contribution in [0.25, 0.3) is 0 Å². The van der Waals surface area contributed by atoms with Gasteiger partial charge in [-0.25, -0.2) is 4.79 Å². The Bertz CT molecular complexity index is 1060. The molecule has 188 valence electrons. The van der Waals surface area contributed by atoms with E-state index >= 15 is 0 Å². The molecule has 1 heterocycles. The number of rotatable bonds is 7. The van der Waals surface area contributed by atoms with Gasteiger partial charge >= 0.3 is 5.97 Å². The molecule has 3 rings (SSSR count). The predicted octanol–water partition coefficient (Wildman–Crippen LogP) is 4.71. The lowest BCUT2D eigenvalue weighted by molar-refractivity contribution is 0.0697. The van der Waals surface area contributed by atoms with Crippen LogP contribution >= 0.6 is 0 Å². The summed E-state index contributed by atoms with van der Waals surface area (Å²) in [5, 5.41) is 23.5. The van der Waals surface area contributed by atoms with Crippen LogP contribution in [0, 0.1) is 23.2 Å². The van der Waals surface area contributed by atoms with E-state index in [0.717, 1.165) is 56.1 Å². The van der Waals surface area contributed by atoms with Crippen LogP contribution < -0.4 is 10.2 Å². The van der Waals surface area contributed by atoms with Gasteiger partial charge in [0.1, 0.15) is 6.10 Å². The molecule has 6 nitrogen and oxygen atoms in total. The molecule has 1 saturated heterocycles. The Hall–Kier alpha value is -3.01. The van der Waals surface area contributed by atoms with E-state index in [1.54, 1.807) is 12.1 Å². The molecule has 6 heteroatoms. The quantitative estimate of drug-likeness (QED) is 0.502. The van der Waals surface area contributed by atoms with Gasteiger partial charge in [-0.15, -0.1) is 0 Å². The van der Waals surface area contributed by atoms with Gasteiger partial charge in [0.05, 0.1) is 16.9 Å². The molecule has 0 amide bonds. The van der Waals surface area contributed by atoms with Crippen molar-refractivity contribution >= 4 is 17.3 Å². The molecule has 2 atom stereocenters. The normalized spacial score (nSPS) is 16.2. The summed E-state index contributed by atoms with van der Waals surface area (Å²) in [4.78, 5) is 15.7. The molecule has 1 aliphatic heterocycles. The first-order valence-electron chi connectivity index (χ1n) is 12.4. The maximum absolute atomic E-state index is 11.0. The highest BCUT2D eigenvalue weighted by atomic mass is 16.4. The van der Waals surface area contributed by atoms with Crippen molar-refractivity contribution in [3.8, 4) is 11.8 Å². The van der Waals surface area contributed by atoms with Crippen LogP contribution in [-0.4, -0.2) is 60.9 Å². The molecule has 0 saturated carbocycles. The van der Waals surface area contributed by atoms with E-state index in [1.807, 2.05) is 6.07 Å². The van der Waals surface area contributed by atoms with Crippen molar-refractivity contribution in [1.29, 1.82) is 0 Å². The third-order valence-corrected chi connectivity index (χ3v) is 6.27. The minimum Gasteiger partial charge on any atom is -0.478 e. The second kappa shape index (κ2) is 11.6. The largest absolute Gasteiger partial charge is 0.478 e. The number of likely N-dealkylation sites (N-methyl/N-ethyl adjacent to an activating group) is 1. The first kappa shape index (κ1) is 26.6. The van der Waals surface area contributed by atoms with Gasteiger partial charge in [0.2, 0.25) is 0 Å². The molecule has 0 bridgehead atoms. The number of aliphatic hydroxyl groups excluding tert-OH is 1. The molecule has 35 heavy (non-hydrogen) atoms. The lowest BCUT2D eigenvalue weighted by Gasteiger charge is -2.35. The molecular weight excluding hydrogens is 438 g/mol. The summed E-state index contributed by atoms with van der Waals surface area (Å²) in [6, 6.07) is 12.4. The Morgan fingerprint density at radius 2 is 1.74 bits per heavy atom. The fraction of sp³-hybridized carbons (Fsp3) is 0.483. The summed E-state index contributed by atoms with van der Waals surface area (Å²) < 4.78 is 0. The molecule has 0 radical (unpaired) electrons. The van der Waals surface area contributed by atoms with Crippen molar-refractivity contribution in [3.05, 3.63) is 59.2 Å². The highest BCUT2D eigenvalue weighted by Crippen LogP contribution is 2.32. The van der Waals surface area contributed by atoms with Gasteiger partial charge < -0.3 is 25.3 Å². The zero-order valence-electron chi connectivity index (χ0n) is 21.6. The van der Waals surface area contributed by atoms with Gasteiger partial charge in [-0.2, -0.15) is 0 Å². The zero-order chi connectivity index (χ0) is 25.6. The Kier molecular flexibility index (Phi) is 8.82. The average molecular weight is 478 g/mol. The number of benzene rings is 2. The topological polar surface area (TPSA) is 76.0 Å². The van der Waals surface area contributed by atoms with Crippen molar-refractivity contribution in [1.82, 2.24) is 4.90 Å². The second-order valence-electron chi connectivity index (χ2n) is 10.9. The molecule has 2 aromatic rings. The maximum atomic E-state index is 11.0. The van der Waals surface area contributed by atoms with Gasteiger partial charge in [0, 0.05) is 38.3 Å². The van der Waals surface area contributed by atoms with Crippen LogP contribution in [0.3, 0.4) is 0 Å². The number of aromatic carboxylic acids is 1. The summed E-state index contributed by atoms with van der Waals surface area (Å²) in [6.45, 7) is 13.9. The summed E-state index contributed by atoms with van der Waals surface area (Å²) in [5.41, 5.74) is 4.12. The van der Waals surface area contributed by atoms with E-state index < -0.39 is 12.1 Å². The SMILES string of the molecule is CC(CNc1ccc(C(O)C#Cc2ccc(C(=O)O)cc2)cc1N1CCN(C)CC1)CC(C)(C)C. The first-order chi connectivity index (χ1) is 16.5. The van der Waals surface area contributed by atoms with Crippen LogP contribution in [0.4, 0.5) is 11.4 Å². The molecular formula is C29H39N3O3. The number of nitrogens with one attached hydrogen (secondary N) is 1. The molecule has 0 spiro atoms. The van der Waals surface area contributed by atoms with Gasteiger partial charge in [-0.05, 0) is 66.8 Å². The first-order valence-corrected chi connectivity index (χ1v) is 12.4. The lowest BCUT2D eigenvalue weighted by atomic mass is 9.85. The summed E-state index contributed by atoms with van der Waals surface area (Å²) in [6.07, 6.45) is 0.207. The fourth-order valence-corrected chi connectivity index (χ4v) is 4.51. The minimum absolute atomic E-state index is 0.216. The number of carboxylic acids is 1. The van der Waals surface area contributed by atoms with Crippen LogP contribution in [-0.2, 0) is 0 Å². The van der Waals surface area contributed by atoms with Crippen molar-refractivity contribution in [2.24, 2.45) is 11.3 Å². The third-order valence-electron chi connectivity index (χ3n) is 6.27. The van der Waals surface area contributed by atoms with Crippen LogP contribution in [0.2, 0.25) is 0 Å². The van der Waals surface area contributed by atoms with Gasteiger partial charge in [0.25, 0.3) is 0 Å². The summed E-state index contributed by atoms with van der Waals surface area (Å²) >= 11 is 0. The Morgan fingerprint density at radius 3 is 2.34 bits per heavy atom. The van der Waals surface area contributed by atoms with Gasteiger partial charge in [-0.1, -0.05) is 45.6 Å². The maximum Gasteiger partial charge on any atom is 0.335 e. The fourth-order valence-electron chi connectivity index (χ4n) is 4.51. The predicted molar refractivity (Wildman–Crippen MR) is 143 cm³/mol. The van der Waals surface area contributed by atoms with Crippen molar-refractivity contribution < 1.29 is 15.0 Å². The number of carbonyl (C=O) groups is 1. The number of hydrogen-bond donors (Lipinski definition) is 3. The number of carboxylic acid groups (broad SMARTS) is 1. The smallest absolute Gasteiger partial charge is 0.335 e. The van der Waals surface area contributed by atoms with Crippen LogP contribution in [0.1, 0.15) is 61.7 Å². The van der Waals surface area contributed by atoms with E-state index in [0.29, 0.717) is 16.9 Å². The molecule has 1 fully saturated rings. The Morgan fingerprint density at radius 1 is 1.09 bits per heavy atom. The highest BCUT2D eigenvalue weighted by molar-refractivity contribution is 5.87. The third kappa shape index (κ3) is 8.02. The van der Waals surface area contributed by atoms with Gasteiger partial charge in [-0.3, -0.25) is 0 Å². The zero-order valence-corrected chi connectivity index (χ0v) is 21.6. The Labute approximate surface area is 210 Å². The highest BCUT2D eigenvalue weighted by Gasteiger charge is 2.20. The van der Waals surface area contributed by atoms with Crippen molar-refractivity contribution in [3.63, 3.8) is 0 Å². The lowest BCUT2D eigenvalue weighted by Crippen LogP contribution is -2.44. The minimum atomic E-state index is -0.970. The Balaban J connectivity index is 1.79. The summed E-state index contributed by atoms with van der Waals surface area (Å²) in [7, 11) is 2.14. The van der Waals surface area contributed by atoms with E-state index in [-0.39, 0.29) is 5.56 Å². The molecule has 3 N–H and O–H groups in total. The number of hydrogen-bond acceptors (Lipinski definition) is 5. The number of anilines is 2. The van der Waals surface area contributed by atoms with Crippen molar-refractivity contribution in [2.45, 2.75) is 40.2 Å². The summed E-state index contributed by atoms with van der Waals surface area (Å²) in [5.74, 6) is 5.44. The number of piperazine rings is 1. The molecule has 0 aromatic heterocycles. The molecule has 2 unspecified atom stereocenters. The van der Waals surface area contributed by atoms with E-state index in [1.165, 1.54) is 12.1 Å². The molecule has 2 aromatic carbocycles. The second-order valence-corrected chi connectivity index (χ2v) is 10.9. The van der Waals surface area contributed by atoms with Gasteiger partial charge in [0.15, 0.2) is 0 Å². The van der Waals surface area contributed by atoms with Crippen molar-refractivity contribution in [2.75, 3.05) is 50.0 Å². The van der Waals surface area contributed by atoms with E-state index in [2.05, 4.69) is 73.8 Å². The molecule has 1 aliphatic rings. The standard InChI is InChI=1S/C29H39N3O3/c1-21(19-29(2,3)4)20-30-25-12-11-24(18-26(25)32-16-14-31(5)15-17-32)27(33)13-8-22-6-9-23(10-7-22)28(34)35/h6-7,9-12,18,21,27,30,33H,14-17,19-20H2,1-5H3,(H,34,35). The van der Waals surface area contributed by atoms with E-state index in [4.69, 9.17) is 5.11 Å². The monoisotopic (exact) mass is 477 g/mol.